The molecule has 0 radical (unpaired) electrons. The first-order chi connectivity index (χ1) is 11.1. The Labute approximate surface area is 139 Å². The molecule has 1 aliphatic heterocycles. The molecular weight excluding hydrogens is 314 g/mol. The van der Waals surface area contributed by atoms with Crippen molar-refractivity contribution in [1.29, 1.82) is 0 Å². The Hall–Kier alpha value is -2.53. The number of hydrogen-bond donors (Lipinski definition) is 3. The van der Waals surface area contributed by atoms with Crippen LogP contribution in [-0.4, -0.2) is 25.0 Å². The van der Waals surface area contributed by atoms with Crippen LogP contribution in [0.2, 0.25) is 5.02 Å². The standard InChI is InChI=1S/C17H16ClN3O2/c18-12-5-7-13(8-6-12)21-17(23)20-10-11-9-19-16(22)15-4-2-1-3-14(11)15/h1-8,11H,9-10H2,(H,19,22)(H2,20,21,23). The summed E-state index contributed by atoms with van der Waals surface area (Å²) in [4.78, 5) is 23.8. The van der Waals surface area contributed by atoms with Gasteiger partial charge in [0.15, 0.2) is 0 Å². The molecule has 0 saturated heterocycles. The van der Waals surface area contributed by atoms with Gasteiger partial charge in [-0.3, -0.25) is 4.79 Å². The molecular formula is C17H16ClN3O2. The fourth-order valence-electron chi connectivity index (χ4n) is 2.59. The highest BCUT2D eigenvalue weighted by Crippen LogP contribution is 2.23. The van der Waals surface area contributed by atoms with E-state index in [4.69, 9.17) is 11.6 Å². The molecule has 3 amide bonds. The number of nitrogens with one attached hydrogen (secondary N) is 3. The average Bonchev–Trinajstić information content (AvgIpc) is 2.57. The number of benzene rings is 2. The largest absolute Gasteiger partial charge is 0.351 e. The number of fused-ring (bicyclic) bond motifs is 1. The number of hydrogen-bond acceptors (Lipinski definition) is 2. The summed E-state index contributed by atoms with van der Waals surface area (Å²) < 4.78 is 0. The molecule has 0 saturated carbocycles. The van der Waals surface area contributed by atoms with Gasteiger partial charge in [0.2, 0.25) is 0 Å². The van der Waals surface area contributed by atoms with Crippen molar-refractivity contribution >= 4 is 29.2 Å². The molecule has 0 fully saturated rings. The summed E-state index contributed by atoms with van der Waals surface area (Å²) in [7, 11) is 0. The highest BCUT2D eigenvalue weighted by atomic mass is 35.5. The molecule has 0 spiro atoms. The van der Waals surface area contributed by atoms with Crippen LogP contribution in [0.3, 0.4) is 0 Å². The van der Waals surface area contributed by atoms with Crippen molar-refractivity contribution in [3.8, 4) is 0 Å². The van der Waals surface area contributed by atoms with Crippen molar-refractivity contribution in [3.63, 3.8) is 0 Å². The van der Waals surface area contributed by atoms with Gasteiger partial charge in [0.05, 0.1) is 0 Å². The predicted octanol–water partition coefficient (Wildman–Crippen LogP) is 2.99. The normalized spacial score (nSPS) is 16.2. The number of rotatable bonds is 3. The van der Waals surface area contributed by atoms with E-state index in [-0.39, 0.29) is 17.9 Å². The second kappa shape index (κ2) is 6.71. The lowest BCUT2D eigenvalue weighted by atomic mass is 9.90. The van der Waals surface area contributed by atoms with Crippen molar-refractivity contribution in [2.24, 2.45) is 0 Å². The molecule has 1 atom stereocenters. The van der Waals surface area contributed by atoms with Crippen LogP contribution in [0.5, 0.6) is 0 Å². The smallest absolute Gasteiger partial charge is 0.319 e. The number of carbonyl (C=O) groups is 2. The van der Waals surface area contributed by atoms with E-state index in [0.717, 1.165) is 5.56 Å². The molecule has 1 unspecified atom stereocenters. The number of halogens is 1. The van der Waals surface area contributed by atoms with Gasteiger partial charge in [-0.15, -0.1) is 0 Å². The first-order valence-corrected chi connectivity index (χ1v) is 7.69. The number of amides is 3. The Morgan fingerprint density at radius 2 is 1.91 bits per heavy atom. The molecule has 6 heteroatoms. The van der Waals surface area contributed by atoms with Crippen LogP contribution >= 0.6 is 11.6 Å². The highest BCUT2D eigenvalue weighted by Gasteiger charge is 2.24. The summed E-state index contributed by atoms with van der Waals surface area (Å²) >= 11 is 5.81. The molecule has 5 nitrogen and oxygen atoms in total. The van der Waals surface area contributed by atoms with Crippen molar-refractivity contribution in [2.45, 2.75) is 5.92 Å². The predicted molar refractivity (Wildman–Crippen MR) is 90.0 cm³/mol. The number of anilines is 1. The zero-order valence-electron chi connectivity index (χ0n) is 12.3. The quantitative estimate of drug-likeness (QED) is 0.810. The number of carbonyl (C=O) groups excluding carboxylic acids is 2. The summed E-state index contributed by atoms with van der Waals surface area (Å²) in [6.45, 7) is 0.952. The van der Waals surface area contributed by atoms with E-state index in [1.807, 2.05) is 18.2 Å². The van der Waals surface area contributed by atoms with E-state index in [9.17, 15) is 9.59 Å². The minimum Gasteiger partial charge on any atom is -0.351 e. The summed E-state index contributed by atoms with van der Waals surface area (Å²) in [6, 6.07) is 14.1. The summed E-state index contributed by atoms with van der Waals surface area (Å²) in [6.07, 6.45) is 0. The summed E-state index contributed by atoms with van der Waals surface area (Å²) in [5.41, 5.74) is 2.30. The maximum atomic E-state index is 12.0. The SMILES string of the molecule is O=C(NCC1CNC(=O)c2ccccc21)Nc1ccc(Cl)cc1. The highest BCUT2D eigenvalue weighted by molar-refractivity contribution is 6.30. The van der Waals surface area contributed by atoms with Gasteiger partial charge in [0.25, 0.3) is 5.91 Å². The second-order valence-corrected chi connectivity index (χ2v) is 5.77. The molecule has 1 heterocycles. The van der Waals surface area contributed by atoms with E-state index < -0.39 is 0 Å². The molecule has 118 valence electrons. The third-order valence-corrected chi connectivity index (χ3v) is 4.02. The minimum atomic E-state index is -0.290. The van der Waals surface area contributed by atoms with Gasteiger partial charge in [-0.05, 0) is 35.9 Å². The first-order valence-electron chi connectivity index (χ1n) is 7.31. The van der Waals surface area contributed by atoms with E-state index in [2.05, 4.69) is 16.0 Å². The lowest BCUT2D eigenvalue weighted by Crippen LogP contribution is -2.41. The van der Waals surface area contributed by atoms with Crippen LogP contribution in [0, 0.1) is 0 Å². The van der Waals surface area contributed by atoms with E-state index in [1.54, 1.807) is 30.3 Å². The van der Waals surface area contributed by atoms with E-state index in [1.165, 1.54) is 0 Å². The van der Waals surface area contributed by atoms with E-state index in [0.29, 0.717) is 29.4 Å². The first kappa shape index (κ1) is 15.4. The van der Waals surface area contributed by atoms with Crippen LogP contribution in [0.25, 0.3) is 0 Å². The molecule has 0 bridgehead atoms. The lowest BCUT2D eigenvalue weighted by molar-refractivity contribution is 0.0940. The molecule has 2 aromatic carbocycles. The summed E-state index contributed by atoms with van der Waals surface area (Å²) in [5.74, 6) is -0.0117. The third kappa shape index (κ3) is 3.63. The molecule has 3 rings (SSSR count). The van der Waals surface area contributed by atoms with Crippen molar-refractivity contribution in [1.82, 2.24) is 10.6 Å². The van der Waals surface area contributed by atoms with Gasteiger partial charge in [-0.1, -0.05) is 29.8 Å². The van der Waals surface area contributed by atoms with Crippen molar-refractivity contribution in [3.05, 3.63) is 64.7 Å². The minimum absolute atomic E-state index is 0.0554. The zero-order valence-corrected chi connectivity index (χ0v) is 13.1. The maximum absolute atomic E-state index is 12.0. The van der Waals surface area contributed by atoms with Crippen LogP contribution in [-0.2, 0) is 0 Å². The van der Waals surface area contributed by atoms with Crippen LogP contribution in [0.1, 0.15) is 21.8 Å². The monoisotopic (exact) mass is 329 g/mol. The van der Waals surface area contributed by atoms with Gasteiger partial charge in [-0.25, -0.2) is 4.79 Å². The zero-order chi connectivity index (χ0) is 16.2. The van der Waals surface area contributed by atoms with Gasteiger partial charge < -0.3 is 16.0 Å². The fraction of sp³-hybridized carbons (Fsp3) is 0.176. The number of urea groups is 1. The second-order valence-electron chi connectivity index (χ2n) is 5.34. The molecule has 23 heavy (non-hydrogen) atoms. The van der Waals surface area contributed by atoms with E-state index >= 15 is 0 Å². The van der Waals surface area contributed by atoms with Gasteiger partial charge in [-0.2, -0.15) is 0 Å². The molecule has 1 aliphatic rings. The Bertz CT molecular complexity index is 731. The lowest BCUT2D eigenvalue weighted by Gasteiger charge is -2.25. The fourth-order valence-corrected chi connectivity index (χ4v) is 2.71. The maximum Gasteiger partial charge on any atom is 0.319 e. The van der Waals surface area contributed by atoms with Crippen LogP contribution in [0.4, 0.5) is 10.5 Å². The molecule has 0 aromatic heterocycles. The van der Waals surface area contributed by atoms with Crippen molar-refractivity contribution < 1.29 is 9.59 Å². The topological polar surface area (TPSA) is 70.2 Å². The van der Waals surface area contributed by atoms with Gasteiger partial charge >= 0.3 is 6.03 Å². The van der Waals surface area contributed by atoms with Gasteiger partial charge in [0, 0.05) is 35.3 Å². The van der Waals surface area contributed by atoms with Crippen LogP contribution < -0.4 is 16.0 Å². The Morgan fingerprint density at radius 3 is 2.70 bits per heavy atom. The Morgan fingerprint density at radius 1 is 1.17 bits per heavy atom. The Balaban J connectivity index is 1.60. The third-order valence-electron chi connectivity index (χ3n) is 3.77. The summed E-state index contributed by atoms with van der Waals surface area (Å²) in [5, 5.41) is 9.04. The average molecular weight is 330 g/mol. The molecule has 3 N–H and O–H groups in total. The Kier molecular flexibility index (Phi) is 4.48. The molecule has 2 aromatic rings. The molecule has 0 aliphatic carbocycles. The van der Waals surface area contributed by atoms with Gasteiger partial charge in [0.1, 0.15) is 0 Å². The van der Waals surface area contributed by atoms with Crippen LogP contribution in [0.15, 0.2) is 48.5 Å². The van der Waals surface area contributed by atoms with Crippen molar-refractivity contribution in [2.75, 3.05) is 18.4 Å².